The SMILES string of the molecule is CCC(CC)(NC(=O)c1c(C)nn2c1N[C@H](c1ccccc1)CC2(C)C)c1ccc(C)cc1. The number of hydrogen-bond donors (Lipinski definition) is 2. The van der Waals surface area contributed by atoms with Crippen LogP contribution in [0.5, 0.6) is 0 Å². The van der Waals surface area contributed by atoms with Gasteiger partial charge < -0.3 is 10.6 Å². The van der Waals surface area contributed by atoms with Gasteiger partial charge in [-0.25, -0.2) is 4.68 Å². The summed E-state index contributed by atoms with van der Waals surface area (Å²) in [6, 6.07) is 19.1. The van der Waals surface area contributed by atoms with Gasteiger partial charge in [0, 0.05) is 0 Å². The zero-order chi connectivity index (χ0) is 23.8. The zero-order valence-electron chi connectivity index (χ0n) is 20.7. The Morgan fingerprint density at radius 2 is 1.73 bits per heavy atom. The van der Waals surface area contributed by atoms with Crippen molar-refractivity contribution in [2.45, 2.75) is 77.9 Å². The maximum atomic E-state index is 13.8. The second-order valence-corrected chi connectivity index (χ2v) is 9.95. The average molecular weight is 445 g/mol. The molecule has 174 valence electrons. The molecule has 1 aromatic heterocycles. The summed E-state index contributed by atoms with van der Waals surface area (Å²) < 4.78 is 2.00. The molecule has 1 amide bonds. The van der Waals surface area contributed by atoms with E-state index in [1.54, 1.807) is 0 Å². The van der Waals surface area contributed by atoms with E-state index in [2.05, 4.69) is 93.8 Å². The summed E-state index contributed by atoms with van der Waals surface area (Å²) in [5, 5.41) is 11.9. The molecule has 0 fully saturated rings. The Bertz CT molecular complexity index is 1120. The lowest BCUT2D eigenvalue weighted by molar-refractivity contribution is 0.0889. The Morgan fingerprint density at radius 3 is 2.33 bits per heavy atom. The lowest BCUT2D eigenvalue weighted by atomic mass is 9.84. The van der Waals surface area contributed by atoms with Crippen molar-refractivity contribution in [1.29, 1.82) is 0 Å². The summed E-state index contributed by atoms with van der Waals surface area (Å²) in [6.07, 6.45) is 2.52. The van der Waals surface area contributed by atoms with E-state index in [0.29, 0.717) is 5.56 Å². The quantitative estimate of drug-likeness (QED) is 0.473. The number of nitrogens with zero attached hydrogens (tertiary/aromatic N) is 2. The van der Waals surface area contributed by atoms with Crippen molar-refractivity contribution < 1.29 is 4.79 Å². The summed E-state index contributed by atoms with van der Waals surface area (Å²) in [6.45, 7) is 12.7. The number of anilines is 1. The fourth-order valence-electron chi connectivity index (χ4n) is 5.12. The van der Waals surface area contributed by atoms with Crippen molar-refractivity contribution in [3.8, 4) is 0 Å². The van der Waals surface area contributed by atoms with Crippen molar-refractivity contribution in [2.75, 3.05) is 5.32 Å². The summed E-state index contributed by atoms with van der Waals surface area (Å²) in [4.78, 5) is 13.8. The predicted octanol–water partition coefficient (Wildman–Crippen LogP) is 6.24. The zero-order valence-corrected chi connectivity index (χ0v) is 20.7. The maximum Gasteiger partial charge on any atom is 0.257 e. The van der Waals surface area contributed by atoms with Crippen LogP contribution in [-0.2, 0) is 11.1 Å². The van der Waals surface area contributed by atoms with Crippen molar-refractivity contribution in [3.63, 3.8) is 0 Å². The Labute approximate surface area is 197 Å². The predicted molar refractivity (Wildman–Crippen MR) is 135 cm³/mol. The summed E-state index contributed by atoms with van der Waals surface area (Å²) in [5.74, 6) is 0.732. The average Bonchev–Trinajstić information content (AvgIpc) is 3.15. The van der Waals surface area contributed by atoms with Gasteiger partial charge in [-0.15, -0.1) is 0 Å². The van der Waals surface area contributed by atoms with Crippen LogP contribution in [0.15, 0.2) is 54.6 Å². The first-order valence-corrected chi connectivity index (χ1v) is 12.0. The number of fused-ring (bicyclic) bond motifs is 1. The number of nitrogens with one attached hydrogen (secondary N) is 2. The van der Waals surface area contributed by atoms with Gasteiger partial charge >= 0.3 is 0 Å². The molecule has 0 spiro atoms. The van der Waals surface area contributed by atoms with Crippen molar-refractivity contribution in [3.05, 3.63) is 82.5 Å². The van der Waals surface area contributed by atoms with Crippen LogP contribution in [0.3, 0.4) is 0 Å². The fraction of sp³-hybridized carbons (Fsp3) is 0.429. The maximum absolute atomic E-state index is 13.8. The number of carbonyl (C=O) groups is 1. The first-order valence-electron chi connectivity index (χ1n) is 12.0. The standard InChI is InChI=1S/C28H36N4O/c1-7-28(8-2,22-16-14-19(3)15-17-22)30-26(33)24-20(4)31-32-25(24)29-23(18-27(32,5)6)21-12-10-9-11-13-21/h9-17,23,29H,7-8,18H2,1-6H3,(H,30,33)/t23-/m0/s1. The van der Waals surface area contributed by atoms with Gasteiger partial charge in [0.25, 0.3) is 5.91 Å². The third-order valence-electron chi connectivity index (χ3n) is 7.24. The van der Waals surface area contributed by atoms with Gasteiger partial charge in [-0.05, 0) is 58.1 Å². The van der Waals surface area contributed by atoms with Crippen LogP contribution < -0.4 is 10.6 Å². The molecule has 0 aliphatic carbocycles. The Balaban J connectivity index is 1.72. The first-order chi connectivity index (χ1) is 15.7. The second kappa shape index (κ2) is 8.69. The van der Waals surface area contributed by atoms with Gasteiger partial charge in [0.15, 0.2) is 0 Å². The van der Waals surface area contributed by atoms with Crippen LogP contribution >= 0.6 is 0 Å². The van der Waals surface area contributed by atoms with Crippen LogP contribution in [0, 0.1) is 13.8 Å². The highest BCUT2D eigenvalue weighted by molar-refractivity contribution is 6.00. The molecule has 5 heteroatoms. The number of aryl methyl sites for hydroxylation is 2. The van der Waals surface area contributed by atoms with Crippen molar-refractivity contribution >= 4 is 11.7 Å². The van der Waals surface area contributed by atoms with Crippen LogP contribution in [0.2, 0.25) is 0 Å². The molecule has 5 nitrogen and oxygen atoms in total. The Kier molecular flexibility index (Phi) is 6.08. The van der Waals surface area contributed by atoms with E-state index < -0.39 is 5.54 Å². The highest BCUT2D eigenvalue weighted by Crippen LogP contribution is 2.41. The largest absolute Gasteiger partial charge is 0.363 e. The smallest absolute Gasteiger partial charge is 0.257 e. The van der Waals surface area contributed by atoms with Gasteiger partial charge in [0.2, 0.25) is 0 Å². The molecule has 2 aromatic carbocycles. The molecule has 0 saturated carbocycles. The normalized spacial score (nSPS) is 17.2. The minimum Gasteiger partial charge on any atom is -0.363 e. The second-order valence-electron chi connectivity index (χ2n) is 9.95. The third-order valence-corrected chi connectivity index (χ3v) is 7.24. The molecule has 33 heavy (non-hydrogen) atoms. The number of rotatable bonds is 6. The number of hydrogen-bond acceptors (Lipinski definition) is 3. The molecule has 3 aromatic rings. The first kappa shape index (κ1) is 23.1. The summed E-state index contributed by atoms with van der Waals surface area (Å²) in [5.41, 5.74) is 4.33. The topological polar surface area (TPSA) is 59.0 Å². The van der Waals surface area contributed by atoms with E-state index in [4.69, 9.17) is 5.10 Å². The third kappa shape index (κ3) is 4.17. The molecule has 0 radical (unpaired) electrons. The van der Waals surface area contributed by atoms with Gasteiger partial charge in [0.1, 0.15) is 11.4 Å². The highest BCUT2D eigenvalue weighted by Gasteiger charge is 2.39. The number of aromatic nitrogens is 2. The fourth-order valence-corrected chi connectivity index (χ4v) is 5.12. The van der Waals surface area contributed by atoms with E-state index in [1.165, 1.54) is 11.1 Å². The molecule has 4 rings (SSSR count). The Morgan fingerprint density at radius 1 is 1.09 bits per heavy atom. The van der Waals surface area contributed by atoms with Crippen LogP contribution in [0.1, 0.15) is 85.7 Å². The van der Waals surface area contributed by atoms with E-state index in [1.807, 2.05) is 17.7 Å². The van der Waals surface area contributed by atoms with Gasteiger partial charge in [-0.1, -0.05) is 74.0 Å². The van der Waals surface area contributed by atoms with Crippen molar-refractivity contribution in [2.24, 2.45) is 0 Å². The number of amides is 1. The molecule has 1 aliphatic rings. The van der Waals surface area contributed by atoms with Crippen LogP contribution in [-0.4, -0.2) is 15.7 Å². The lowest BCUT2D eigenvalue weighted by Crippen LogP contribution is -2.45. The molecule has 0 saturated heterocycles. The lowest BCUT2D eigenvalue weighted by Gasteiger charge is -2.38. The van der Waals surface area contributed by atoms with Crippen LogP contribution in [0.25, 0.3) is 0 Å². The molecule has 2 N–H and O–H groups in total. The number of benzene rings is 2. The monoisotopic (exact) mass is 444 g/mol. The molecule has 0 unspecified atom stereocenters. The molecule has 2 heterocycles. The minimum absolute atomic E-state index is 0.0740. The van der Waals surface area contributed by atoms with Gasteiger partial charge in [-0.3, -0.25) is 4.79 Å². The van der Waals surface area contributed by atoms with E-state index in [-0.39, 0.29) is 17.5 Å². The molecule has 1 aliphatic heterocycles. The summed E-state index contributed by atoms with van der Waals surface area (Å²) in [7, 11) is 0. The molecule has 0 bridgehead atoms. The van der Waals surface area contributed by atoms with Crippen molar-refractivity contribution in [1.82, 2.24) is 15.1 Å². The molecule has 1 atom stereocenters. The number of carbonyl (C=O) groups excluding carboxylic acids is 1. The van der Waals surface area contributed by atoms with E-state index >= 15 is 0 Å². The highest BCUT2D eigenvalue weighted by atomic mass is 16.2. The minimum atomic E-state index is -0.422. The Hall–Kier alpha value is -3.08. The van der Waals surface area contributed by atoms with E-state index in [0.717, 1.165) is 36.3 Å². The summed E-state index contributed by atoms with van der Waals surface area (Å²) >= 11 is 0. The van der Waals surface area contributed by atoms with Gasteiger partial charge in [0.05, 0.1) is 22.8 Å². The van der Waals surface area contributed by atoms with Crippen LogP contribution in [0.4, 0.5) is 5.82 Å². The van der Waals surface area contributed by atoms with E-state index in [9.17, 15) is 4.79 Å². The van der Waals surface area contributed by atoms with Gasteiger partial charge in [-0.2, -0.15) is 5.10 Å². The molecular formula is C28H36N4O. The molecular weight excluding hydrogens is 408 g/mol.